The average Bonchev–Trinajstić information content (AvgIpc) is 2.32. The summed E-state index contributed by atoms with van der Waals surface area (Å²) in [6, 6.07) is 7.52. The van der Waals surface area contributed by atoms with Crippen LogP contribution in [-0.2, 0) is 0 Å². The van der Waals surface area contributed by atoms with Gasteiger partial charge in [0.15, 0.2) is 10.9 Å². The van der Waals surface area contributed by atoms with Gasteiger partial charge in [-0.1, -0.05) is 29.8 Å². The Kier molecular flexibility index (Phi) is 3.15. The number of nitrogens with zero attached hydrogens (tertiary/aromatic N) is 2. The summed E-state index contributed by atoms with van der Waals surface area (Å²) in [6.45, 7) is 3.59. The van der Waals surface area contributed by atoms with Crippen LogP contribution in [-0.4, -0.2) is 15.3 Å². The minimum Gasteiger partial charge on any atom is -0.504 e. The van der Waals surface area contributed by atoms with Crippen molar-refractivity contribution in [3.63, 3.8) is 0 Å². The maximum Gasteiger partial charge on any atom is 0.245 e. The Morgan fingerprint density at radius 2 is 1.88 bits per heavy atom. The van der Waals surface area contributed by atoms with E-state index >= 15 is 0 Å². The van der Waals surface area contributed by atoms with Crippen molar-refractivity contribution in [2.75, 3.05) is 0 Å². The monoisotopic (exact) mass is 250 g/mol. The number of hydrogen-bond donors (Lipinski definition) is 1. The highest BCUT2D eigenvalue weighted by Crippen LogP contribution is 2.32. The Labute approximate surface area is 104 Å². The SMILES string of the molecule is Cc1ccccc1Oc1nnc(Cl)c(O)c1C. The fraction of sp³-hybridized carbons (Fsp3) is 0.167. The first-order valence-corrected chi connectivity index (χ1v) is 5.42. The van der Waals surface area contributed by atoms with Gasteiger partial charge in [-0.3, -0.25) is 0 Å². The first kappa shape index (κ1) is 11.7. The molecule has 1 N–H and O–H groups in total. The summed E-state index contributed by atoms with van der Waals surface area (Å²) >= 11 is 5.64. The maximum absolute atomic E-state index is 9.62. The van der Waals surface area contributed by atoms with Gasteiger partial charge < -0.3 is 9.84 Å². The second-order valence-electron chi connectivity index (χ2n) is 3.64. The van der Waals surface area contributed by atoms with E-state index in [1.165, 1.54) is 0 Å². The molecular weight excluding hydrogens is 240 g/mol. The van der Waals surface area contributed by atoms with E-state index in [2.05, 4.69) is 10.2 Å². The molecule has 2 rings (SSSR count). The molecule has 2 aromatic rings. The highest BCUT2D eigenvalue weighted by molar-refractivity contribution is 6.30. The van der Waals surface area contributed by atoms with Crippen LogP contribution in [0.5, 0.6) is 17.4 Å². The zero-order chi connectivity index (χ0) is 12.4. The Hall–Kier alpha value is -1.81. The molecule has 88 valence electrons. The lowest BCUT2D eigenvalue weighted by Gasteiger charge is -2.10. The summed E-state index contributed by atoms with van der Waals surface area (Å²) in [6.07, 6.45) is 0. The van der Waals surface area contributed by atoms with E-state index in [-0.39, 0.29) is 16.8 Å². The predicted octanol–water partition coefficient (Wildman–Crippen LogP) is 3.24. The average molecular weight is 251 g/mol. The number of aryl methyl sites for hydroxylation is 1. The third-order valence-electron chi connectivity index (χ3n) is 2.40. The summed E-state index contributed by atoms with van der Waals surface area (Å²) in [5, 5.41) is 17.0. The molecule has 0 aliphatic rings. The number of para-hydroxylation sites is 1. The summed E-state index contributed by atoms with van der Waals surface area (Å²) in [5.41, 5.74) is 1.44. The number of ether oxygens (including phenoxy) is 1. The van der Waals surface area contributed by atoms with Gasteiger partial charge in [0, 0.05) is 0 Å². The van der Waals surface area contributed by atoms with E-state index in [9.17, 15) is 5.11 Å². The Morgan fingerprint density at radius 1 is 1.18 bits per heavy atom. The van der Waals surface area contributed by atoms with Crippen LogP contribution in [0.2, 0.25) is 5.15 Å². The molecule has 0 fully saturated rings. The van der Waals surface area contributed by atoms with Crippen molar-refractivity contribution in [3.05, 3.63) is 40.5 Å². The van der Waals surface area contributed by atoms with Gasteiger partial charge in [-0.2, -0.15) is 0 Å². The minimum atomic E-state index is -0.106. The molecule has 1 aromatic heterocycles. The maximum atomic E-state index is 9.62. The number of aromatic hydroxyl groups is 1. The first-order chi connectivity index (χ1) is 8.09. The van der Waals surface area contributed by atoms with Crippen molar-refractivity contribution in [2.24, 2.45) is 0 Å². The topological polar surface area (TPSA) is 55.2 Å². The van der Waals surface area contributed by atoms with Crippen molar-refractivity contribution < 1.29 is 9.84 Å². The molecule has 0 atom stereocenters. The van der Waals surface area contributed by atoms with Crippen LogP contribution < -0.4 is 4.74 Å². The molecule has 5 heteroatoms. The van der Waals surface area contributed by atoms with Crippen LogP contribution in [0.15, 0.2) is 24.3 Å². The predicted molar refractivity (Wildman–Crippen MR) is 64.7 cm³/mol. The standard InChI is InChI=1S/C12H11ClN2O2/c1-7-5-3-4-6-9(7)17-12-8(2)10(16)11(13)14-15-12/h3-6H,1-2H3,(H,15,16). The second-order valence-corrected chi connectivity index (χ2v) is 4.00. The van der Waals surface area contributed by atoms with Gasteiger partial charge in [0.25, 0.3) is 0 Å². The minimum absolute atomic E-state index is 0.0281. The summed E-state index contributed by atoms with van der Waals surface area (Å²) < 4.78 is 5.58. The zero-order valence-electron chi connectivity index (χ0n) is 9.44. The zero-order valence-corrected chi connectivity index (χ0v) is 10.2. The first-order valence-electron chi connectivity index (χ1n) is 5.05. The fourth-order valence-corrected chi connectivity index (χ4v) is 1.52. The summed E-state index contributed by atoms with van der Waals surface area (Å²) in [7, 11) is 0. The highest BCUT2D eigenvalue weighted by atomic mass is 35.5. The molecule has 0 radical (unpaired) electrons. The Balaban J connectivity index is 2.38. The van der Waals surface area contributed by atoms with Crippen molar-refractivity contribution >= 4 is 11.6 Å². The molecule has 1 aromatic carbocycles. The molecule has 1 heterocycles. The van der Waals surface area contributed by atoms with Crippen LogP contribution >= 0.6 is 11.6 Å². The number of hydrogen-bond acceptors (Lipinski definition) is 4. The number of aromatic nitrogens is 2. The summed E-state index contributed by atoms with van der Waals surface area (Å²) in [5.74, 6) is 0.818. The molecule has 17 heavy (non-hydrogen) atoms. The van der Waals surface area contributed by atoms with Crippen LogP contribution in [0.3, 0.4) is 0 Å². The van der Waals surface area contributed by atoms with Gasteiger partial charge in [-0.05, 0) is 25.5 Å². The largest absolute Gasteiger partial charge is 0.504 e. The molecule has 0 spiro atoms. The lowest BCUT2D eigenvalue weighted by atomic mass is 10.2. The van der Waals surface area contributed by atoms with Gasteiger partial charge in [0.2, 0.25) is 5.88 Å². The summed E-state index contributed by atoms with van der Waals surface area (Å²) in [4.78, 5) is 0. The van der Waals surface area contributed by atoms with Crippen molar-refractivity contribution in [2.45, 2.75) is 13.8 Å². The van der Waals surface area contributed by atoms with Crippen molar-refractivity contribution in [1.29, 1.82) is 0 Å². The molecule has 0 saturated heterocycles. The molecule has 0 bridgehead atoms. The van der Waals surface area contributed by atoms with E-state index in [1.54, 1.807) is 6.92 Å². The third kappa shape index (κ3) is 2.31. The van der Waals surface area contributed by atoms with Gasteiger partial charge in [0.1, 0.15) is 5.75 Å². The molecule has 0 aliphatic carbocycles. The second kappa shape index (κ2) is 4.59. The number of benzene rings is 1. The molecule has 0 saturated carbocycles. The van der Waals surface area contributed by atoms with Gasteiger partial charge in [0.05, 0.1) is 5.56 Å². The van der Waals surface area contributed by atoms with E-state index in [0.717, 1.165) is 5.56 Å². The number of rotatable bonds is 2. The fourth-order valence-electron chi connectivity index (χ4n) is 1.34. The van der Waals surface area contributed by atoms with Gasteiger partial charge >= 0.3 is 0 Å². The molecule has 0 unspecified atom stereocenters. The van der Waals surface area contributed by atoms with Gasteiger partial charge in [-0.15, -0.1) is 10.2 Å². The quantitative estimate of drug-likeness (QED) is 0.889. The Morgan fingerprint density at radius 3 is 2.59 bits per heavy atom. The van der Waals surface area contributed by atoms with E-state index in [0.29, 0.717) is 11.3 Å². The van der Waals surface area contributed by atoms with Crippen molar-refractivity contribution in [1.82, 2.24) is 10.2 Å². The molecule has 0 amide bonds. The lowest BCUT2D eigenvalue weighted by Crippen LogP contribution is -1.96. The van der Waals surface area contributed by atoms with Crippen LogP contribution in [0.4, 0.5) is 0 Å². The molecule has 0 aliphatic heterocycles. The van der Waals surface area contributed by atoms with Crippen molar-refractivity contribution in [3.8, 4) is 17.4 Å². The molecular formula is C12H11ClN2O2. The van der Waals surface area contributed by atoms with Crippen LogP contribution in [0.1, 0.15) is 11.1 Å². The molecule has 4 nitrogen and oxygen atoms in total. The third-order valence-corrected chi connectivity index (χ3v) is 2.65. The van der Waals surface area contributed by atoms with E-state index in [1.807, 2.05) is 31.2 Å². The normalized spacial score (nSPS) is 10.3. The highest BCUT2D eigenvalue weighted by Gasteiger charge is 2.13. The van der Waals surface area contributed by atoms with Crippen LogP contribution in [0.25, 0.3) is 0 Å². The van der Waals surface area contributed by atoms with E-state index < -0.39 is 0 Å². The van der Waals surface area contributed by atoms with Crippen LogP contribution in [0, 0.1) is 13.8 Å². The Bertz CT molecular complexity index is 558. The van der Waals surface area contributed by atoms with Gasteiger partial charge in [-0.25, -0.2) is 0 Å². The smallest absolute Gasteiger partial charge is 0.245 e. The van der Waals surface area contributed by atoms with E-state index in [4.69, 9.17) is 16.3 Å². The number of halogens is 1. The lowest BCUT2D eigenvalue weighted by molar-refractivity contribution is 0.424.